The Hall–Kier alpha value is -1.06. The van der Waals surface area contributed by atoms with Gasteiger partial charge in [0, 0.05) is 18.6 Å². The van der Waals surface area contributed by atoms with Crippen LogP contribution >= 0.6 is 11.6 Å². The van der Waals surface area contributed by atoms with Crippen LogP contribution in [0.4, 0.5) is 0 Å². The second kappa shape index (κ2) is 5.51. The van der Waals surface area contributed by atoms with Crippen molar-refractivity contribution in [2.24, 2.45) is 0 Å². The van der Waals surface area contributed by atoms with Crippen LogP contribution in [-0.2, 0) is 4.79 Å². The van der Waals surface area contributed by atoms with Crippen LogP contribution in [0.15, 0.2) is 30.3 Å². The molecule has 3 nitrogen and oxygen atoms in total. The summed E-state index contributed by atoms with van der Waals surface area (Å²) >= 11 is 6.25. The first-order valence-corrected chi connectivity index (χ1v) is 7.43. The second-order valence-corrected chi connectivity index (χ2v) is 5.86. The van der Waals surface area contributed by atoms with E-state index in [0.717, 1.165) is 18.5 Å². The molecule has 1 aromatic rings. The van der Waals surface area contributed by atoms with Crippen molar-refractivity contribution in [1.29, 1.82) is 0 Å². The van der Waals surface area contributed by atoms with Gasteiger partial charge in [0.25, 0.3) is 0 Å². The van der Waals surface area contributed by atoms with E-state index in [1.165, 1.54) is 19.4 Å². The van der Waals surface area contributed by atoms with Crippen LogP contribution in [0.1, 0.15) is 30.2 Å². The number of nitrogens with zero attached hydrogens (tertiary/aromatic N) is 1. The average Bonchev–Trinajstić information content (AvgIpc) is 3.04. The van der Waals surface area contributed by atoms with Crippen molar-refractivity contribution >= 4 is 17.5 Å². The topological polar surface area (TPSA) is 32.3 Å². The average molecular weight is 279 g/mol. The Morgan fingerprint density at radius 3 is 2.84 bits per heavy atom. The summed E-state index contributed by atoms with van der Waals surface area (Å²) < 4.78 is 0. The molecule has 1 N–H and O–H groups in total. The van der Waals surface area contributed by atoms with E-state index in [-0.39, 0.29) is 11.9 Å². The summed E-state index contributed by atoms with van der Waals surface area (Å²) in [4.78, 5) is 14.7. The van der Waals surface area contributed by atoms with Crippen molar-refractivity contribution in [3.05, 3.63) is 35.9 Å². The molecule has 0 radical (unpaired) electrons. The number of halogens is 1. The van der Waals surface area contributed by atoms with Gasteiger partial charge in [-0.3, -0.25) is 9.69 Å². The van der Waals surface area contributed by atoms with Gasteiger partial charge >= 0.3 is 0 Å². The number of benzene rings is 1. The van der Waals surface area contributed by atoms with E-state index in [2.05, 4.69) is 10.2 Å². The van der Waals surface area contributed by atoms with Gasteiger partial charge in [-0.2, -0.15) is 0 Å². The van der Waals surface area contributed by atoms with Crippen LogP contribution in [0.5, 0.6) is 0 Å². The Bertz CT molecular complexity index is 451. The molecular formula is C15H19ClN2O. The molecule has 0 bridgehead atoms. The lowest BCUT2D eigenvalue weighted by molar-refractivity contribution is -0.121. The van der Waals surface area contributed by atoms with Crippen LogP contribution in [-0.4, -0.2) is 36.0 Å². The lowest BCUT2D eigenvalue weighted by atomic mass is 10.1. The number of nitrogens with one attached hydrogen (secondary N) is 1. The molecule has 0 spiro atoms. The zero-order valence-corrected chi connectivity index (χ0v) is 11.6. The molecule has 3 atom stereocenters. The Morgan fingerprint density at radius 1 is 1.26 bits per heavy atom. The zero-order valence-electron chi connectivity index (χ0n) is 10.9. The molecule has 4 heteroatoms. The predicted octanol–water partition coefficient (Wildman–Crippen LogP) is 2.32. The summed E-state index contributed by atoms with van der Waals surface area (Å²) in [5.74, 6) is -0.0633. The fraction of sp³-hybridized carbons (Fsp3) is 0.533. The number of hydrogen-bond donors (Lipinski definition) is 1. The maximum atomic E-state index is 12.2. The minimum atomic E-state index is -0.586. The van der Waals surface area contributed by atoms with Gasteiger partial charge in [-0.25, -0.2) is 0 Å². The van der Waals surface area contributed by atoms with Gasteiger partial charge in [0.1, 0.15) is 5.38 Å². The van der Waals surface area contributed by atoms with Crippen molar-refractivity contribution < 1.29 is 4.79 Å². The highest BCUT2D eigenvalue weighted by molar-refractivity contribution is 6.30. The van der Waals surface area contributed by atoms with Crippen LogP contribution in [0.25, 0.3) is 0 Å². The maximum absolute atomic E-state index is 12.2. The number of carbonyl (C=O) groups is 1. The lowest BCUT2D eigenvalue weighted by Gasteiger charge is -2.22. The normalized spacial score (nSPS) is 28.1. The molecule has 2 aliphatic heterocycles. The molecule has 2 heterocycles. The van der Waals surface area contributed by atoms with E-state index in [4.69, 9.17) is 11.6 Å². The highest BCUT2D eigenvalue weighted by atomic mass is 35.5. The number of alkyl halides is 1. The monoisotopic (exact) mass is 278 g/mol. The molecule has 3 rings (SSSR count). The van der Waals surface area contributed by atoms with Crippen molar-refractivity contribution in [3.8, 4) is 0 Å². The summed E-state index contributed by atoms with van der Waals surface area (Å²) in [6, 6.07) is 10.3. The van der Waals surface area contributed by atoms with Gasteiger partial charge in [-0.15, -0.1) is 11.6 Å². The minimum Gasteiger partial charge on any atom is -0.350 e. The van der Waals surface area contributed by atoms with Gasteiger partial charge in [0.2, 0.25) is 5.91 Å². The summed E-state index contributed by atoms with van der Waals surface area (Å²) in [5, 5.41) is 2.55. The fourth-order valence-corrected chi connectivity index (χ4v) is 3.49. The molecular weight excluding hydrogens is 260 g/mol. The van der Waals surface area contributed by atoms with E-state index >= 15 is 0 Å². The zero-order chi connectivity index (χ0) is 13.2. The third kappa shape index (κ3) is 2.63. The first-order valence-electron chi connectivity index (χ1n) is 6.99. The first-order chi connectivity index (χ1) is 9.25. The number of amides is 1. The van der Waals surface area contributed by atoms with Crippen molar-refractivity contribution in [2.75, 3.05) is 13.1 Å². The Kier molecular flexibility index (Phi) is 3.76. The molecule has 3 unspecified atom stereocenters. The fourth-order valence-electron chi connectivity index (χ4n) is 3.28. The molecule has 1 amide bonds. The maximum Gasteiger partial charge on any atom is 0.242 e. The number of rotatable bonds is 3. The SMILES string of the molecule is O=C(NC1CCN2CCCC12)C(Cl)c1ccccc1. The molecule has 0 aliphatic carbocycles. The van der Waals surface area contributed by atoms with Crippen LogP contribution in [0, 0.1) is 0 Å². The van der Waals surface area contributed by atoms with Gasteiger partial charge in [0.15, 0.2) is 0 Å². The second-order valence-electron chi connectivity index (χ2n) is 5.42. The molecule has 2 fully saturated rings. The molecule has 1 aromatic carbocycles. The quantitative estimate of drug-likeness (QED) is 0.861. The van der Waals surface area contributed by atoms with E-state index in [1.807, 2.05) is 30.3 Å². The van der Waals surface area contributed by atoms with E-state index in [9.17, 15) is 4.79 Å². The summed E-state index contributed by atoms with van der Waals surface area (Å²) in [6.07, 6.45) is 3.50. The van der Waals surface area contributed by atoms with Gasteiger partial charge in [0.05, 0.1) is 0 Å². The number of carbonyl (C=O) groups excluding carboxylic acids is 1. The van der Waals surface area contributed by atoms with Crippen molar-refractivity contribution in [2.45, 2.75) is 36.7 Å². The van der Waals surface area contributed by atoms with Crippen LogP contribution in [0.2, 0.25) is 0 Å². The van der Waals surface area contributed by atoms with Gasteiger partial charge in [-0.1, -0.05) is 30.3 Å². The molecule has 0 saturated carbocycles. The minimum absolute atomic E-state index is 0.0633. The van der Waals surface area contributed by atoms with Gasteiger partial charge in [-0.05, 0) is 31.4 Å². The highest BCUT2D eigenvalue weighted by Gasteiger charge is 2.38. The predicted molar refractivity (Wildman–Crippen MR) is 76.2 cm³/mol. The van der Waals surface area contributed by atoms with E-state index in [1.54, 1.807) is 0 Å². The van der Waals surface area contributed by atoms with E-state index in [0.29, 0.717) is 6.04 Å². The Labute approximate surface area is 118 Å². The molecule has 19 heavy (non-hydrogen) atoms. The molecule has 0 aromatic heterocycles. The third-order valence-electron chi connectivity index (χ3n) is 4.26. The Balaban J connectivity index is 1.62. The van der Waals surface area contributed by atoms with Crippen LogP contribution in [0.3, 0.4) is 0 Å². The molecule has 102 valence electrons. The van der Waals surface area contributed by atoms with Crippen LogP contribution < -0.4 is 5.32 Å². The largest absolute Gasteiger partial charge is 0.350 e. The Morgan fingerprint density at radius 2 is 2.05 bits per heavy atom. The highest BCUT2D eigenvalue weighted by Crippen LogP contribution is 2.29. The molecule has 2 saturated heterocycles. The number of hydrogen-bond acceptors (Lipinski definition) is 2. The van der Waals surface area contributed by atoms with E-state index < -0.39 is 5.38 Å². The first kappa shape index (κ1) is 12.9. The van der Waals surface area contributed by atoms with Crippen molar-refractivity contribution in [1.82, 2.24) is 10.2 Å². The number of fused-ring (bicyclic) bond motifs is 1. The summed E-state index contributed by atoms with van der Waals surface area (Å²) in [6.45, 7) is 2.29. The van der Waals surface area contributed by atoms with Gasteiger partial charge < -0.3 is 5.32 Å². The smallest absolute Gasteiger partial charge is 0.242 e. The van der Waals surface area contributed by atoms with Crippen molar-refractivity contribution in [3.63, 3.8) is 0 Å². The summed E-state index contributed by atoms with van der Waals surface area (Å²) in [7, 11) is 0. The molecule has 2 aliphatic rings. The standard InChI is InChI=1S/C15H19ClN2O/c16-14(11-5-2-1-3-6-11)15(19)17-12-8-10-18-9-4-7-13(12)18/h1-3,5-6,12-14H,4,7-10H2,(H,17,19). The third-order valence-corrected chi connectivity index (χ3v) is 4.71. The summed E-state index contributed by atoms with van der Waals surface area (Å²) in [5.41, 5.74) is 0.864. The lowest BCUT2D eigenvalue weighted by Crippen LogP contribution is -2.43.